The predicted molar refractivity (Wildman–Crippen MR) is 79.2 cm³/mol. The summed E-state index contributed by atoms with van der Waals surface area (Å²) in [7, 11) is 0. The molecule has 1 unspecified atom stereocenters. The summed E-state index contributed by atoms with van der Waals surface area (Å²) in [4.78, 5) is 12.2. The molecule has 1 atom stereocenters. The SMILES string of the molecule is Cc1c(C(=O)NC(C)CCCO)oc2c(Cl)cccc12. The van der Waals surface area contributed by atoms with Crippen LogP contribution in [0.15, 0.2) is 22.6 Å². The van der Waals surface area contributed by atoms with Gasteiger partial charge in [-0.15, -0.1) is 0 Å². The van der Waals surface area contributed by atoms with Gasteiger partial charge in [0.1, 0.15) is 0 Å². The number of benzene rings is 1. The second kappa shape index (κ2) is 6.29. The number of aliphatic hydroxyl groups excluding tert-OH is 1. The summed E-state index contributed by atoms with van der Waals surface area (Å²) in [5, 5.41) is 13.0. The highest BCUT2D eigenvalue weighted by atomic mass is 35.5. The molecule has 1 heterocycles. The Labute approximate surface area is 122 Å². The minimum absolute atomic E-state index is 0.0160. The van der Waals surface area contributed by atoms with Crippen molar-refractivity contribution < 1.29 is 14.3 Å². The number of hydrogen-bond acceptors (Lipinski definition) is 3. The van der Waals surface area contributed by atoms with Crippen molar-refractivity contribution in [3.8, 4) is 0 Å². The first-order chi connectivity index (χ1) is 9.54. The van der Waals surface area contributed by atoms with Gasteiger partial charge in [-0.25, -0.2) is 0 Å². The van der Waals surface area contributed by atoms with Crippen molar-refractivity contribution in [2.75, 3.05) is 6.61 Å². The van der Waals surface area contributed by atoms with Crippen LogP contribution in [0, 0.1) is 6.92 Å². The Balaban J connectivity index is 2.22. The van der Waals surface area contributed by atoms with E-state index in [-0.39, 0.29) is 18.6 Å². The van der Waals surface area contributed by atoms with Crippen LogP contribution in [-0.2, 0) is 0 Å². The van der Waals surface area contributed by atoms with Crippen LogP contribution >= 0.6 is 11.6 Å². The first-order valence-electron chi connectivity index (χ1n) is 6.64. The highest BCUT2D eigenvalue weighted by molar-refractivity contribution is 6.35. The molecule has 2 rings (SSSR count). The summed E-state index contributed by atoms with van der Waals surface area (Å²) in [6.07, 6.45) is 1.38. The Morgan fingerprint density at radius 2 is 2.25 bits per heavy atom. The molecule has 1 amide bonds. The molecule has 108 valence electrons. The first-order valence-corrected chi connectivity index (χ1v) is 7.01. The number of nitrogens with one attached hydrogen (secondary N) is 1. The number of aryl methyl sites for hydroxylation is 1. The molecule has 1 aromatic carbocycles. The summed E-state index contributed by atoms with van der Waals surface area (Å²) < 4.78 is 5.60. The molecule has 4 nitrogen and oxygen atoms in total. The zero-order valence-electron chi connectivity index (χ0n) is 11.6. The Morgan fingerprint density at radius 3 is 2.90 bits per heavy atom. The third-order valence-corrected chi connectivity index (χ3v) is 3.59. The van der Waals surface area contributed by atoms with Gasteiger partial charge in [-0.05, 0) is 32.8 Å². The molecule has 0 saturated carbocycles. The predicted octanol–water partition coefficient (Wildman–Crippen LogP) is 3.29. The molecule has 0 saturated heterocycles. The lowest BCUT2D eigenvalue weighted by atomic mass is 10.1. The number of carbonyl (C=O) groups is 1. The minimum Gasteiger partial charge on any atom is -0.449 e. The molecule has 0 bridgehead atoms. The van der Waals surface area contributed by atoms with Crippen LogP contribution in [0.5, 0.6) is 0 Å². The van der Waals surface area contributed by atoms with E-state index in [1.807, 2.05) is 26.0 Å². The van der Waals surface area contributed by atoms with Gasteiger partial charge in [0, 0.05) is 23.6 Å². The first kappa shape index (κ1) is 14.9. The largest absolute Gasteiger partial charge is 0.449 e. The molecule has 0 aliphatic rings. The van der Waals surface area contributed by atoms with E-state index in [0.717, 1.165) is 17.4 Å². The van der Waals surface area contributed by atoms with Gasteiger partial charge in [-0.1, -0.05) is 23.7 Å². The van der Waals surface area contributed by atoms with E-state index < -0.39 is 0 Å². The summed E-state index contributed by atoms with van der Waals surface area (Å²) >= 11 is 6.07. The van der Waals surface area contributed by atoms with E-state index in [0.29, 0.717) is 22.8 Å². The lowest BCUT2D eigenvalue weighted by Crippen LogP contribution is -2.32. The smallest absolute Gasteiger partial charge is 0.287 e. The Kier molecular flexibility index (Phi) is 4.68. The zero-order valence-corrected chi connectivity index (χ0v) is 12.3. The van der Waals surface area contributed by atoms with Crippen LogP contribution in [0.4, 0.5) is 0 Å². The maximum atomic E-state index is 12.2. The topological polar surface area (TPSA) is 62.5 Å². The summed E-state index contributed by atoms with van der Waals surface area (Å²) in [5.74, 6) is 0.0455. The molecule has 0 fully saturated rings. The fraction of sp³-hybridized carbons (Fsp3) is 0.400. The van der Waals surface area contributed by atoms with Gasteiger partial charge < -0.3 is 14.8 Å². The molecular weight excluding hydrogens is 278 g/mol. The van der Waals surface area contributed by atoms with E-state index in [2.05, 4.69) is 5.32 Å². The van der Waals surface area contributed by atoms with Crippen molar-refractivity contribution in [1.82, 2.24) is 5.32 Å². The van der Waals surface area contributed by atoms with Crippen LogP contribution in [-0.4, -0.2) is 23.7 Å². The minimum atomic E-state index is -0.250. The van der Waals surface area contributed by atoms with Crippen molar-refractivity contribution in [2.24, 2.45) is 0 Å². The van der Waals surface area contributed by atoms with E-state index in [4.69, 9.17) is 21.1 Å². The number of hydrogen-bond donors (Lipinski definition) is 2. The van der Waals surface area contributed by atoms with Crippen LogP contribution in [0.3, 0.4) is 0 Å². The normalized spacial score (nSPS) is 12.6. The monoisotopic (exact) mass is 295 g/mol. The third kappa shape index (κ3) is 2.97. The summed E-state index contributed by atoms with van der Waals surface area (Å²) in [6.45, 7) is 3.87. The van der Waals surface area contributed by atoms with Crippen molar-refractivity contribution in [3.05, 3.63) is 34.5 Å². The number of rotatable bonds is 5. The maximum Gasteiger partial charge on any atom is 0.287 e. The fourth-order valence-corrected chi connectivity index (χ4v) is 2.40. The molecule has 0 spiro atoms. The average Bonchev–Trinajstić information content (AvgIpc) is 2.76. The van der Waals surface area contributed by atoms with Crippen molar-refractivity contribution in [2.45, 2.75) is 32.7 Å². The van der Waals surface area contributed by atoms with Gasteiger partial charge in [0.05, 0.1) is 5.02 Å². The molecule has 0 aliphatic carbocycles. The highest BCUT2D eigenvalue weighted by Crippen LogP contribution is 2.30. The maximum absolute atomic E-state index is 12.2. The van der Waals surface area contributed by atoms with Gasteiger partial charge in [0.25, 0.3) is 5.91 Å². The van der Waals surface area contributed by atoms with E-state index in [1.165, 1.54) is 0 Å². The molecule has 0 radical (unpaired) electrons. The summed E-state index contributed by atoms with van der Waals surface area (Å²) in [5.41, 5.74) is 1.33. The summed E-state index contributed by atoms with van der Waals surface area (Å²) in [6, 6.07) is 5.43. The van der Waals surface area contributed by atoms with Gasteiger partial charge in [-0.3, -0.25) is 4.79 Å². The number of aliphatic hydroxyl groups is 1. The Morgan fingerprint density at radius 1 is 1.50 bits per heavy atom. The van der Waals surface area contributed by atoms with Gasteiger partial charge in [0.15, 0.2) is 11.3 Å². The van der Waals surface area contributed by atoms with Crippen LogP contribution in [0.25, 0.3) is 11.0 Å². The standard InChI is InChI=1S/C15H18ClNO3/c1-9(5-4-8-18)17-15(19)13-10(2)11-6-3-7-12(16)14(11)20-13/h3,6-7,9,18H,4-5,8H2,1-2H3,(H,17,19). The van der Waals surface area contributed by atoms with Gasteiger partial charge in [-0.2, -0.15) is 0 Å². The van der Waals surface area contributed by atoms with E-state index >= 15 is 0 Å². The highest BCUT2D eigenvalue weighted by Gasteiger charge is 2.20. The zero-order chi connectivity index (χ0) is 14.7. The molecule has 2 N–H and O–H groups in total. The molecule has 5 heteroatoms. The lowest BCUT2D eigenvalue weighted by molar-refractivity contribution is 0.0909. The number of carbonyl (C=O) groups excluding carboxylic acids is 1. The number of fused-ring (bicyclic) bond motifs is 1. The number of amides is 1. The Hall–Kier alpha value is -1.52. The molecule has 1 aromatic heterocycles. The van der Waals surface area contributed by atoms with Gasteiger partial charge in [0.2, 0.25) is 0 Å². The Bertz CT molecular complexity index is 621. The van der Waals surface area contributed by atoms with Crippen LogP contribution < -0.4 is 5.32 Å². The second-order valence-electron chi connectivity index (χ2n) is 4.91. The molecule has 0 aliphatic heterocycles. The molecule has 20 heavy (non-hydrogen) atoms. The number of furan rings is 1. The van der Waals surface area contributed by atoms with E-state index in [1.54, 1.807) is 6.07 Å². The third-order valence-electron chi connectivity index (χ3n) is 3.29. The quantitative estimate of drug-likeness (QED) is 0.890. The number of para-hydroxylation sites is 1. The van der Waals surface area contributed by atoms with Gasteiger partial charge >= 0.3 is 0 Å². The fourth-order valence-electron chi connectivity index (χ4n) is 2.18. The van der Waals surface area contributed by atoms with Crippen molar-refractivity contribution in [1.29, 1.82) is 0 Å². The second-order valence-corrected chi connectivity index (χ2v) is 5.32. The molecular formula is C15H18ClNO3. The van der Waals surface area contributed by atoms with Crippen LogP contribution in [0.1, 0.15) is 35.9 Å². The van der Waals surface area contributed by atoms with Crippen molar-refractivity contribution in [3.63, 3.8) is 0 Å². The van der Waals surface area contributed by atoms with E-state index in [9.17, 15) is 4.79 Å². The number of halogens is 1. The lowest BCUT2D eigenvalue weighted by Gasteiger charge is -2.12. The van der Waals surface area contributed by atoms with Crippen molar-refractivity contribution >= 4 is 28.5 Å². The van der Waals surface area contributed by atoms with Crippen LogP contribution in [0.2, 0.25) is 5.02 Å². The average molecular weight is 296 g/mol. The molecule has 2 aromatic rings.